The number of nitrogens with one attached hydrogen (secondary N) is 2. The summed E-state index contributed by atoms with van der Waals surface area (Å²) in [5.41, 5.74) is 0.911. The zero-order valence-electron chi connectivity index (χ0n) is 12.3. The van der Waals surface area contributed by atoms with Crippen molar-refractivity contribution in [3.63, 3.8) is 0 Å². The molecule has 1 aromatic heterocycles. The molecule has 0 aliphatic heterocycles. The third-order valence-electron chi connectivity index (χ3n) is 2.83. The van der Waals surface area contributed by atoms with Gasteiger partial charge in [-0.05, 0) is 12.0 Å². The van der Waals surface area contributed by atoms with Crippen LogP contribution in [-0.4, -0.2) is 28.6 Å². The van der Waals surface area contributed by atoms with Crippen molar-refractivity contribution in [1.82, 2.24) is 15.5 Å². The van der Waals surface area contributed by atoms with Crippen LogP contribution in [0.4, 0.5) is 5.13 Å². The van der Waals surface area contributed by atoms with Crippen LogP contribution >= 0.6 is 11.3 Å². The summed E-state index contributed by atoms with van der Waals surface area (Å²) in [6.07, 6.45) is 2.09. The molecule has 0 bridgehead atoms. The van der Waals surface area contributed by atoms with E-state index in [1.807, 2.05) is 30.3 Å². The van der Waals surface area contributed by atoms with Gasteiger partial charge in [-0.1, -0.05) is 48.6 Å². The van der Waals surface area contributed by atoms with Crippen LogP contribution < -0.4 is 10.6 Å². The molecule has 6 nitrogen and oxygen atoms in total. The molecule has 22 heavy (non-hydrogen) atoms. The molecule has 0 saturated heterocycles. The third kappa shape index (κ3) is 5.25. The Morgan fingerprint density at radius 2 is 1.91 bits per heavy atom. The van der Waals surface area contributed by atoms with E-state index in [9.17, 15) is 9.59 Å². The fourth-order valence-electron chi connectivity index (χ4n) is 1.81. The van der Waals surface area contributed by atoms with E-state index >= 15 is 0 Å². The molecule has 0 spiro atoms. The van der Waals surface area contributed by atoms with Gasteiger partial charge in [-0.25, -0.2) is 0 Å². The van der Waals surface area contributed by atoms with Crippen LogP contribution in [0, 0.1) is 0 Å². The van der Waals surface area contributed by atoms with Crippen molar-refractivity contribution < 1.29 is 9.59 Å². The molecule has 0 saturated carbocycles. The molecule has 0 aliphatic carbocycles. The summed E-state index contributed by atoms with van der Waals surface area (Å²) in [6.45, 7) is 1.98. The van der Waals surface area contributed by atoms with Crippen molar-refractivity contribution in [2.75, 3.05) is 11.9 Å². The van der Waals surface area contributed by atoms with E-state index in [0.717, 1.165) is 23.4 Å². The number of rotatable bonds is 7. The van der Waals surface area contributed by atoms with Gasteiger partial charge in [-0.15, -0.1) is 10.2 Å². The highest BCUT2D eigenvalue weighted by Gasteiger charge is 2.09. The van der Waals surface area contributed by atoms with Crippen LogP contribution in [-0.2, 0) is 22.4 Å². The first kappa shape index (κ1) is 16.1. The normalized spacial score (nSPS) is 10.2. The summed E-state index contributed by atoms with van der Waals surface area (Å²) in [5.74, 6) is -0.495. The smallest absolute Gasteiger partial charge is 0.245 e. The molecule has 0 atom stereocenters. The van der Waals surface area contributed by atoms with Gasteiger partial charge in [0.15, 0.2) is 0 Å². The molecule has 0 fully saturated rings. The third-order valence-corrected chi connectivity index (χ3v) is 3.73. The molecule has 2 N–H and O–H groups in total. The van der Waals surface area contributed by atoms with Gasteiger partial charge in [0.05, 0.1) is 13.0 Å². The maximum atomic E-state index is 11.7. The number of anilines is 1. The topological polar surface area (TPSA) is 84.0 Å². The maximum absolute atomic E-state index is 11.7. The van der Waals surface area contributed by atoms with Crippen LogP contribution in [0.3, 0.4) is 0 Å². The van der Waals surface area contributed by atoms with Crippen molar-refractivity contribution in [2.24, 2.45) is 0 Å². The minimum atomic E-state index is -0.305. The highest BCUT2D eigenvalue weighted by molar-refractivity contribution is 7.15. The summed E-state index contributed by atoms with van der Waals surface area (Å²) in [5, 5.41) is 14.4. The standard InChI is InChI=1S/C15H18N4O2S/c1-2-6-14-18-19-15(22-14)17-13(21)10-16-12(20)9-11-7-4-3-5-8-11/h3-5,7-8H,2,6,9-10H2,1H3,(H,16,20)(H,17,19,21). The van der Waals surface area contributed by atoms with E-state index in [0.29, 0.717) is 5.13 Å². The summed E-state index contributed by atoms with van der Waals surface area (Å²) < 4.78 is 0. The van der Waals surface area contributed by atoms with E-state index < -0.39 is 0 Å². The maximum Gasteiger partial charge on any atom is 0.245 e. The summed E-state index contributed by atoms with van der Waals surface area (Å²) in [6, 6.07) is 9.38. The van der Waals surface area contributed by atoms with Crippen molar-refractivity contribution >= 4 is 28.3 Å². The quantitative estimate of drug-likeness (QED) is 0.815. The molecule has 1 aromatic carbocycles. The molecular weight excluding hydrogens is 300 g/mol. The molecule has 116 valence electrons. The van der Waals surface area contributed by atoms with Gasteiger partial charge in [0, 0.05) is 6.42 Å². The Bertz CT molecular complexity index is 627. The molecule has 0 unspecified atom stereocenters. The highest BCUT2D eigenvalue weighted by Crippen LogP contribution is 2.16. The second-order valence-electron chi connectivity index (χ2n) is 4.74. The van der Waals surface area contributed by atoms with Crippen LogP contribution in [0.25, 0.3) is 0 Å². The number of hydrogen-bond donors (Lipinski definition) is 2. The van der Waals surface area contributed by atoms with Gasteiger partial charge in [0.25, 0.3) is 0 Å². The van der Waals surface area contributed by atoms with E-state index in [-0.39, 0.29) is 24.8 Å². The summed E-state index contributed by atoms with van der Waals surface area (Å²) in [7, 11) is 0. The minimum Gasteiger partial charge on any atom is -0.347 e. The van der Waals surface area contributed by atoms with Crippen LogP contribution in [0.1, 0.15) is 23.9 Å². The second kappa shape index (κ2) is 8.23. The second-order valence-corrected chi connectivity index (χ2v) is 5.80. The Morgan fingerprint density at radius 1 is 1.14 bits per heavy atom. The van der Waals surface area contributed by atoms with Crippen molar-refractivity contribution in [2.45, 2.75) is 26.2 Å². The molecule has 7 heteroatoms. The lowest BCUT2D eigenvalue weighted by molar-refractivity contribution is -0.123. The molecule has 2 amide bonds. The Morgan fingerprint density at radius 3 is 2.64 bits per heavy atom. The van der Waals surface area contributed by atoms with Crippen molar-refractivity contribution in [3.05, 3.63) is 40.9 Å². The average Bonchev–Trinajstić information content (AvgIpc) is 2.94. The highest BCUT2D eigenvalue weighted by atomic mass is 32.1. The van der Waals surface area contributed by atoms with Gasteiger partial charge in [0.2, 0.25) is 16.9 Å². The van der Waals surface area contributed by atoms with Crippen LogP contribution in [0.5, 0.6) is 0 Å². The monoisotopic (exact) mass is 318 g/mol. The molecule has 0 radical (unpaired) electrons. The number of benzene rings is 1. The van der Waals surface area contributed by atoms with Gasteiger partial charge < -0.3 is 5.32 Å². The van der Waals surface area contributed by atoms with E-state index in [2.05, 4.69) is 27.8 Å². The minimum absolute atomic E-state index is 0.0750. The van der Waals surface area contributed by atoms with Gasteiger partial charge in [0.1, 0.15) is 5.01 Å². The summed E-state index contributed by atoms with van der Waals surface area (Å²) in [4.78, 5) is 23.5. The van der Waals surface area contributed by atoms with Crippen LogP contribution in [0.2, 0.25) is 0 Å². The van der Waals surface area contributed by atoms with Gasteiger partial charge in [-0.2, -0.15) is 0 Å². The number of hydrogen-bond acceptors (Lipinski definition) is 5. The van der Waals surface area contributed by atoms with Crippen molar-refractivity contribution in [1.29, 1.82) is 0 Å². The molecule has 0 aliphatic rings. The Balaban J connectivity index is 1.73. The number of nitrogens with zero attached hydrogens (tertiary/aromatic N) is 2. The van der Waals surface area contributed by atoms with E-state index in [4.69, 9.17) is 0 Å². The Labute approximate surface area is 133 Å². The fourth-order valence-corrected chi connectivity index (χ4v) is 2.66. The Kier molecular flexibility index (Phi) is 6.02. The molecule has 2 aromatic rings. The lowest BCUT2D eigenvalue weighted by Gasteiger charge is -2.04. The van der Waals surface area contributed by atoms with Gasteiger partial charge in [-0.3, -0.25) is 14.9 Å². The number of carbonyl (C=O) groups is 2. The largest absolute Gasteiger partial charge is 0.347 e. The SMILES string of the molecule is CCCc1nnc(NC(=O)CNC(=O)Cc2ccccc2)s1. The molecular formula is C15H18N4O2S. The first-order chi connectivity index (χ1) is 10.7. The number of aromatic nitrogens is 2. The zero-order valence-corrected chi connectivity index (χ0v) is 13.2. The lowest BCUT2D eigenvalue weighted by atomic mass is 10.1. The number of carbonyl (C=O) groups excluding carboxylic acids is 2. The average molecular weight is 318 g/mol. The predicted molar refractivity (Wildman–Crippen MR) is 85.7 cm³/mol. The van der Waals surface area contributed by atoms with Crippen LogP contribution in [0.15, 0.2) is 30.3 Å². The first-order valence-electron chi connectivity index (χ1n) is 7.10. The van der Waals surface area contributed by atoms with E-state index in [1.54, 1.807) is 0 Å². The predicted octanol–water partition coefficient (Wildman–Crippen LogP) is 1.79. The molecule has 1 heterocycles. The number of amides is 2. The fraction of sp³-hybridized carbons (Fsp3) is 0.333. The number of aryl methyl sites for hydroxylation is 1. The first-order valence-corrected chi connectivity index (χ1v) is 7.92. The zero-order chi connectivity index (χ0) is 15.8. The Hall–Kier alpha value is -2.28. The lowest BCUT2D eigenvalue weighted by Crippen LogP contribution is -2.33. The molecule has 2 rings (SSSR count). The summed E-state index contributed by atoms with van der Waals surface area (Å²) >= 11 is 1.36. The van der Waals surface area contributed by atoms with E-state index in [1.165, 1.54) is 11.3 Å². The van der Waals surface area contributed by atoms with Gasteiger partial charge >= 0.3 is 0 Å². The van der Waals surface area contributed by atoms with Crippen molar-refractivity contribution in [3.8, 4) is 0 Å².